The largest absolute Gasteiger partial charge is 0.394 e. The summed E-state index contributed by atoms with van der Waals surface area (Å²) in [7, 11) is 0. The molecule has 1 aromatic carbocycles. The second kappa shape index (κ2) is 7.91. The molecule has 2 amide bonds. The molecule has 0 aliphatic carbocycles. The van der Waals surface area contributed by atoms with Gasteiger partial charge in [0.25, 0.3) is 0 Å². The molecule has 0 aliphatic rings. The normalized spacial score (nSPS) is 13.4. The zero-order valence-corrected chi connectivity index (χ0v) is 13.6. The van der Waals surface area contributed by atoms with Crippen molar-refractivity contribution in [3.05, 3.63) is 52.0 Å². The summed E-state index contributed by atoms with van der Waals surface area (Å²) in [4.78, 5) is 16.4. The topological polar surface area (TPSA) is 74.2 Å². The Morgan fingerprint density at radius 3 is 2.64 bits per heavy atom. The number of nitrogens with zero attached hydrogens (tertiary/aromatic N) is 1. The summed E-state index contributed by atoms with van der Waals surface area (Å²) in [5.74, 6) is 0. The number of carbonyl (C=O) groups is 1. The fraction of sp³-hybridized carbons (Fsp3) is 0.375. The first kappa shape index (κ1) is 16.5. The van der Waals surface area contributed by atoms with Gasteiger partial charge < -0.3 is 15.7 Å². The summed E-state index contributed by atoms with van der Waals surface area (Å²) >= 11 is 1.52. The maximum absolute atomic E-state index is 12.0. The smallest absolute Gasteiger partial charge is 0.315 e. The predicted molar refractivity (Wildman–Crippen MR) is 88.0 cm³/mol. The van der Waals surface area contributed by atoms with E-state index in [2.05, 4.69) is 15.6 Å². The number of aliphatic hydroxyl groups excluding tert-OH is 1. The lowest BCUT2D eigenvalue weighted by Crippen LogP contribution is -2.45. The highest BCUT2D eigenvalue weighted by atomic mass is 32.1. The zero-order chi connectivity index (χ0) is 15.9. The van der Waals surface area contributed by atoms with Gasteiger partial charge in [-0.05, 0) is 25.8 Å². The van der Waals surface area contributed by atoms with Crippen LogP contribution in [0.15, 0.2) is 35.7 Å². The van der Waals surface area contributed by atoms with Crippen molar-refractivity contribution < 1.29 is 9.90 Å². The number of aromatic nitrogens is 1. The lowest BCUT2D eigenvalue weighted by molar-refractivity contribution is 0.213. The first-order valence-electron chi connectivity index (χ1n) is 7.22. The summed E-state index contributed by atoms with van der Waals surface area (Å²) in [6.07, 6.45) is 0.593. The van der Waals surface area contributed by atoms with Crippen molar-refractivity contribution in [2.75, 3.05) is 6.61 Å². The Bertz CT molecular complexity index is 600. The van der Waals surface area contributed by atoms with E-state index in [9.17, 15) is 9.90 Å². The van der Waals surface area contributed by atoms with Crippen molar-refractivity contribution >= 4 is 17.4 Å². The van der Waals surface area contributed by atoms with Crippen LogP contribution >= 0.6 is 11.3 Å². The SMILES string of the molecule is Cc1csc([C@H](C)NC(=O)N[C@H](CO)Cc2ccccc2)n1. The number of aryl methyl sites for hydroxylation is 1. The monoisotopic (exact) mass is 319 g/mol. The zero-order valence-electron chi connectivity index (χ0n) is 12.7. The van der Waals surface area contributed by atoms with Gasteiger partial charge in [-0.25, -0.2) is 9.78 Å². The lowest BCUT2D eigenvalue weighted by atomic mass is 10.1. The highest BCUT2D eigenvalue weighted by Gasteiger charge is 2.16. The Morgan fingerprint density at radius 2 is 2.05 bits per heavy atom. The van der Waals surface area contributed by atoms with E-state index in [4.69, 9.17) is 0 Å². The molecule has 0 radical (unpaired) electrons. The molecule has 0 aliphatic heterocycles. The van der Waals surface area contributed by atoms with Gasteiger partial charge in [-0.2, -0.15) is 0 Å². The molecule has 22 heavy (non-hydrogen) atoms. The van der Waals surface area contributed by atoms with Crippen LogP contribution in [0.1, 0.15) is 29.2 Å². The molecule has 5 nitrogen and oxygen atoms in total. The Labute approximate surface area is 134 Å². The number of urea groups is 1. The van der Waals surface area contributed by atoms with E-state index in [1.165, 1.54) is 11.3 Å². The van der Waals surface area contributed by atoms with Gasteiger partial charge in [-0.3, -0.25) is 0 Å². The van der Waals surface area contributed by atoms with Crippen molar-refractivity contribution in [3.63, 3.8) is 0 Å². The molecule has 2 atom stereocenters. The molecule has 0 bridgehead atoms. The molecule has 1 aromatic heterocycles. The quantitative estimate of drug-likeness (QED) is 0.765. The van der Waals surface area contributed by atoms with Crippen LogP contribution in [0.4, 0.5) is 4.79 Å². The number of thiazole rings is 1. The van der Waals surface area contributed by atoms with Gasteiger partial charge in [0.05, 0.1) is 18.7 Å². The van der Waals surface area contributed by atoms with Crippen molar-refractivity contribution in [1.82, 2.24) is 15.6 Å². The number of amides is 2. The highest BCUT2D eigenvalue weighted by molar-refractivity contribution is 7.09. The third kappa shape index (κ3) is 4.82. The van der Waals surface area contributed by atoms with Crippen molar-refractivity contribution in [2.45, 2.75) is 32.4 Å². The molecule has 118 valence electrons. The fourth-order valence-corrected chi connectivity index (χ4v) is 2.92. The maximum atomic E-state index is 12.0. The van der Waals surface area contributed by atoms with Crippen LogP contribution < -0.4 is 10.6 Å². The van der Waals surface area contributed by atoms with Gasteiger partial charge >= 0.3 is 6.03 Å². The van der Waals surface area contributed by atoms with Gasteiger partial charge in [0.1, 0.15) is 5.01 Å². The van der Waals surface area contributed by atoms with Gasteiger partial charge in [-0.15, -0.1) is 11.3 Å². The standard InChI is InChI=1S/C16H21N3O2S/c1-11-10-22-15(17-11)12(2)18-16(21)19-14(9-20)8-13-6-4-3-5-7-13/h3-7,10,12,14,20H,8-9H2,1-2H3,(H2,18,19,21)/t12-,14-/m0/s1. The molecule has 0 saturated heterocycles. The molecule has 3 N–H and O–H groups in total. The summed E-state index contributed by atoms with van der Waals surface area (Å²) in [5, 5.41) is 17.9. The molecular weight excluding hydrogens is 298 g/mol. The molecule has 0 spiro atoms. The number of rotatable bonds is 6. The summed E-state index contributed by atoms with van der Waals surface area (Å²) < 4.78 is 0. The minimum absolute atomic E-state index is 0.104. The van der Waals surface area contributed by atoms with Crippen LogP contribution in [-0.4, -0.2) is 28.8 Å². The van der Waals surface area contributed by atoms with E-state index in [-0.39, 0.29) is 24.7 Å². The predicted octanol–water partition coefficient (Wildman–Crippen LogP) is 2.42. The molecule has 0 fully saturated rings. The van der Waals surface area contributed by atoms with E-state index in [0.717, 1.165) is 16.3 Å². The fourth-order valence-electron chi connectivity index (χ4n) is 2.12. The van der Waals surface area contributed by atoms with Gasteiger partial charge in [0, 0.05) is 11.1 Å². The minimum Gasteiger partial charge on any atom is -0.394 e. The maximum Gasteiger partial charge on any atom is 0.315 e. The van der Waals surface area contributed by atoms with Crippen molar-refractivity contribution in [3.8, 4) is 0 Å². The molecule has 2 rings (SSSR count). The van der Waals surface area contributed by atoms with Crippen molar-refractivity contribution in [2.24, 2.45) is 0 Å². The average molecular weight is 319 g/mol. The molecule has 6 heteroatoms. The molecule has 1 heterocycles. The number of benzene rings is 1. The number of hydrogen-bond acceptors (Lipinski definition) is 4. The van der Waals surface area contributed by atoms with Crippen LogP contribution in [0.3, 0.4) is 0 Å². The Morgan fingerprint density at radius 1 is 1.32 bits per heavy atom. The molecular formula is C16H21N3O2S. The second-order valence-electron chi connectivity index (χ2n) is 5.24. The summed E-state index contributed by atoms with van der Waals surface area (Å²) in [5.41, 5.74) is 2.02. The molecule has 0 saturated carbocycles. The number of hydrogen-bond donors (Lipinski definition) is 3. The number of aliphatic hydroxyl groups is 1. The first-order chi connectivity index (χ1) is 10.6. The second-order valence-corrected chi connectivity index (χ2v) is 6.13. The highest BCUT2D eigenvalue weighted by Crippen LogP contribution is 2.17. The van der Waals surface area contributed by atoms with Crippen LogP contribution in [0, 0.1) is 6.92 Å². The third-order valence-electron chi connectivity index (χ3n) is 3.24. The van der Waals surface area contributed by atoms with E-state index in [1.807, 2.05) is 49.6 Å². The van der Waals surface area contributed by atoms with Gasteiger partial charge in [0.2, 0.25) is 0 Å². The minimum atomic E-state index is -0.312. The van der Waals surface area contributed by atoms with E-state index < -0.39 is 0 Å². The average Bonchev–Trinajstić information content (AvgIpc) is 2.94. The van der Waals surface area contributed by atoms with Crippen LogP contribution in [0.25, 0.3) is 0 Å². The Hall–Kier alpha value is -1.92. The molecule has 0 unspecified atom stereocenters. The lowest BCUT2D eigenvalue weighted by Gasteiger charge is -2.19. The Balaban J connectivity index is 1.86. The Kier molecular flexibility index (Phi) is 5.91. The first-order valence-corrected chi connectivity index (χ1v) is 8.10. The number of nitrogens with one attached hydrogen (secondary N) is 2. The van der Waals surface area contributed by atoms with Gasteiger partial charge in [0.15, 0.2) is 0 Å². The van der Waals surface area contributed by atoms with Crippen molar-refractivity contribution in [1.29, 1.82) is 0 Å². The van der Waals surface area contributed by atoms with E-state index in [1.54, 1.807) is 0 Å². The van der Waals surface area contributed by atoms with Crippen LogP contribution in [0.2, 0.25) is 0 Å². The summed E-state index contributed by atoms with van der Waals surface area (Å²) in [6.45, 7) is 3.71. The third-order valence-corrected chi connectivity index (χ3v) is 4.38. The van der Waals surface area contributed by atoms with E-state index in [0.29, 0.717) is 6.42 Å². The molecule has 2 aromatic rings. The number of carbonyl (C=O) groups excluding carboxylic acids is 1. The van der Waals surface area contributed by atoms with Crippen LogP contribution in [0.5, 0.6) is 0 Å². The van der Waals surface area contributed by atoms with Gasteiger partial charge in [-0.1, -0.05) is 30.3 Å². The summed E-state index contributed by atoms with van der Waals surface area (Å²) in [6, 6.07) is 9.01. The van der Waals surface area contributed by atoms with Crippen LogP contribution in [-0.2, 0) is 6.42 Å². The van der Waals surface area contributed by atoms with E-state index >= 15 is 0 Å².